The molecule has 0 bridgehead atoms. The second-order valence-electron chi connectivity index (χ2n) is 5.10. The lowest BCUT2D eigenvalue weighted by Gasteiger charge is -2.05. The molecule has 0 radical (unpaired) electrons. The predicted octanol–water partition coefficient (Wildman–Crippen LogP) is 3.47. The Bertz CT molecular complexity index is 946. The van der Waals surface area contributed by atoms with Crippen molar-refractivity contribution in [3.05, 3.63) is 67.3 Å². The van der Waals surface area contributed by atoms with E-state index >= 15 is 0 Å². The molecule has 0 fully saturated rings. The molecule has 3 aromatic heterocycles. The monoisotopic (exact) mass is 302 g/mol. The smallest absolute Gasteiger partial charge is 0.212 e. The summed E-state index contributed by atoms with van der Waals surface area (Å²) >= 11 is 0. The molecule has 0 aliphatic carbocycles. The first kappa shape index (κ1) is 13.5. The normalized spacial score (nSPS) is 10.8. The number of rotatable bonds is 3. The van der Waals surface area contributed by atoms with E-state index in [2.05, 4.69) is 15.0 Å². The van der Waals surface area contributed by atoms with Crippen LogP contribution in [0.15, 0.2) is 67.3 Å². The Kier molecular flexibility index (Phi) is 3.24. The van der Waals surface area contributed by atoms with Crippen molar-refractivity contribution in [2.45, 2.75) is 0 Å². The molecule has 0 spiro atoms. The number of pyridine rings is 1. The molecule has 5 nitrogen and oxygen atoms in total. The van der Waals surface area contributed by atoms with Crippen LogP contribution in [0.25, 0.3) is 28.2 Å². The van der Waals surface area contributed by atoms with Gasteiger partial charge in [-0.15, -0.1) is 0 Å². The van der Waals surface area contributed by atoms with E-state index in [0.717, 1.165) is 28.2 Å². The Morgan fingerprint density at radius 2 is 1.70 bits per heavy atom. The number of nitrogens with zero attached hydrogens (tertiary/aromatic N) is 4. The molecule has 0 saturated heterocycles. The fraction of sp³-hybridized carbons (Fsp3) is 0.0556. The van der Waals surface area contributed by atoms with E-state index in [1.165, 1.54) is 0 Å². The van der Waals surface area contributed by atoms with Gasteiger partial charge in [0.2, 0.25) is 5.88 Å². The zero-order valence-corrected chi connectivity index (χ0v) is 12.5. The van der Waals surface area contributed by atoms with Crippen LogP contribution in [0.3, 0.4) is 0 Å². The van der Waals surface area contributed by atoms with Gasteiger partial charge in [-0.3, -0.25) is 9.38 Å². The highest BCUT2D eigenvalue weighted by molar-refractivity contribution is 5.66. The van der Waals surface area contributed by atoms with Gasteiger partial charge in [-0.1, -0.05) is 30.3 Å². The summed E-state index contributed by atoms with van der Waals surface area (Å²) in [6.45, 7) is 0. The maximum atomic E-state index is 5.11. The molecule has 23 heavy (non-hydrogen) atoms. The van der Waals surface area contributed by atoms with Gasteiger partial charge >= 0.3 is 0 Å². The van der Waals surface area contributed by atoms with Crippen LogP contribution in [0.1, 0.15) is 0 Å². The molecule has 5 heteroatoms. The van der Waals surface area contributed by atoms with Gasteiger partial charge in [0.05, 0.1) is 30.9 Å². The van der Waals surface area contributed by atoms with Crippen LogP contribution in [-0.2, 0) is 0 Å². The van der Waals surface area contributed by atoms with E-state index in [-0.39, 0.29) is 0 Å². The first-order valence-electron chi connectivity index (χ1n) is 7.24. The summed E-state index contributed by atoms with van der Waals surface area (Å²) in [6, 6.07) is 13.9. The zero-order chi connectivity index (χ0) is 15.6. The van der Waals surface area contributed by atoms with Gasteiger partial charge in [0.15, 0.2) is 5.65 Å². The molecule has 0 N–H and O–H groups in total. The van der Waals surface area contributed by atoms with Crippen molar-refractivity contribution in [1.29, 1.82) is 0 Å². The molecule has 0 atom stereocenters. The number of hydrogen-bond donors (Lipinski definition) is 0. The number of benzene rings is 1. The predicted molar refractivity (Wildman–Crippen MR) is 88.2 cm³/mol. The van der Waals surface area contributed by atoms with Crippen LogP contribution in [-0.4, -0.2) is 26.5 Å². The minimum atomic E-state index is 0.592. The number of fused-ring (bicyclic) bond motifs is 1. The van der Waals surface area contributed by atoms with Crippen LogP contribution in [0.2, 0.25) is 0 Å². The van der Waals surface area contributed by atoms with E-state index in [9.17, 15) is 0 Å². The summed E-state index contributed by atoms with van der Waals surface area (Å²) in [6.07, 6.45) is 7.39. The van der Waals surface area contributed by atoms with Crippen LogP contribution in [0.5, 0.6) is 5.88 Å². The highest BCUT2D eigenvalue weighted by Gasteiger charge is 2.09. The summed E-state index contributed by atoms with van der Waals surface area (Å²) in [5.74, 6) is 0.592. The Morgan fingerprint density at radius 3 is 2.43 bits per heavy atom. The summed E-state index contributed by atoms with van der Waals surface area (Å²) in [4.78, 5) is 13.2. The molecule has 1 aromatic carbocycles. The lowest BCUT2D eigenvalue weighted by atomic mass is 10.1. The third-order valence-corrected chi connectivity index (χ3v) is 3.71. The third-order valence-electron chi connectivity index (χ3n) is 3.71. The largest absolute Gasteiger partial charge is 0.481 e. The fourth-order valence-corrected chi connectivity index (χ4v) is 2.51. The quantitative estimate of drug-likeness (QED) is 0.581. The fourth-order valence-electron chi connectivity index (χ4n) is 2.51. The molecule has 0 aliphatic rings. The molecule has 112 valence electrons. The number of ether oxygens (including phenoxy) is 1. The summed E-state index contributed by atoms with van der Waals surface area (Å²) in [7, 11) is 1.61. The SMILES string of the molecule is COc1ccc(-c2cnc3cnc(-c4ccccc4)cn23)cn1. The van der Waals surface area contributed by atoms with Crippen LogP contribution >= 0.6 is 0 Å². The highest BCUT2D eigenvalue weighted by Crippen LogP contribution is 2.24. The first-order chi connectivity index (χ1) is 11.3. The Morgan fingerprint density at radius 1 is 0.826 bits per heavy atom. The average Bonchev–Trinajstić information content (AvgIpc) is 3.05. The second kappa shape index (κ2) is 5.53. The van der Waals surface area contributed by atoms with Gasteiger partial charge in [0, 0.05) is 29.6 Å². The maximum Gasteiger partial charge on any atom is 0.212 e. The maximum absolute atomic E-state index is 5.11. The Balaban J connectivity index is 1.84. The number of imidazole rings is 1. The topological polar surface area (TPSA) is 52.3 Å². The molecule has 3 heterocycles. The molecular formula is C18H14N4O. The van der Waals surface area contributed by atoms with Crippen molar-refractivity contribution < 1.29 is 4.74 Å². The van der Waals surface area contributed by atoms with Crippen LogP contribution in [0.4, 0.5) is 0 Å². The number of methoxy groups -OCH3 is 1. The van der Waals surface area contributed by atoms with Gasteiger partial charge in [0.1, 0.15) is 0 Å². The van der Waals surface area contributed by atoms with E-state index in [4.69, 9.17) is 4.74 Å². The summed E-state index contributed by atoms with van der Waals surface area (Å²) in [5, 5.41) is 0. The Hall–Kier alpha value is -3.21. The van der Waals surface area contributed by atoms with Gasteiger partial charge < -0.3 is 4.74 Å². The highest BCUT2D eigenvalue weighted by atomic mass is 16.5. The van der Waals surface area contributed by atoms with E-state index in [1.54, 1.807) is 19.5 Å². The zero-order valence-electron chi connectivity index (χ0n) is 12.5. The van der Waals surface area contributed by atoms with Crippen molar-refractivity contribution in [3.63, 3.8) is 0 Å². The van der Waals surface area contributed by atoms with E-state index < -0.39 is 0 Å². The van der Waals surface area contributed by atoms with E-state index in [0.29, 0.717) is 5.88 Å². The van der Waals surface area contributed by atoms with Gasteiger partial charge in [-0.25, -0.2) is 9.97 Å². The van der Waals surface area contributed by atoms with Gasteiger partial charge in [-0.05, 0) is 6.07 Å². The van der Waals surface area contributed by atoms with Crippen LogP contribution < -0.4 is 4.74 Å². The second-order valence-corrected chi connectivity index (χ2v) is 5.10. The number of hydrogen-bond acceptors (Lipinski definition) is 4. The summed E-state index contributed by atoms with van der Waals surface area (Å²) in [5.41, 5.74) is 4.72. The molecule has 4 rings (SSSR count). The molecule has 0 unspecified atom stereocenters. The first-order valence-corrected chi connectivity index (χ1v) is 7.24. The molecule has 0 aliphatic heterocycles. The van der Waals surface area contributed by atoms with Gasteiger partial charge in [0.25, 0.3) is 0 Å². The lowest BCUT2D eigenvalue weighted by molar-refractivity contribution is 0.398. The van der Waals surface area contributed by atoms with Gasteiger partial charge in [-0.2, -0.15) is 0 Å². The minimum absolute atomic E-state index is 0.592. The molecule has 0 amide bonds. The lowest BCUT2D eigenvalue weighted by Crippen LogP contribution is -1.93. The van der Waals surface area contributed by atoms with E-state index in [1.807, 2.05) is 59.3 Å². The third kappa shape index (κ3) is 2.42. The Labute approximate surface area is 133 Å². The molecule has 4 aromatic rings. The van der Waals surface area contributed by atoms with Crippen molar-refractivity contribution in [2.24, 2.45) is 0 Å². The minimum Gasteiger partial charge on any atom is -0.481 e. The van der Waals surface area contributed by atoms with Crippen LogP contribution in [0, 0.1) is 0 Å². The van der Waals surface area contributed by atoms with Crippen molar-refractivity contribution in [3.8, 4) is 28.4 Å². The average molecular weight is 302 g/mol. The number of aromatic nitrogens is 4. The molecular weight excluding hydrogens is 288 g/mol. The molecule has 0 saturated carbocycles. The van der Waals surface area contributed by atoms with Crippen molar-refractivity contribution in [1.82, 2.24) is 19.4 Å². The standard InChI is InChI=1S/C18H14N4O/c1-23-18-8-7-14(9-21-18)16-10-20-17-11-19-15(12-22(16)17)13-5-3-2-4-6-13/h2-12H,1H3. The summed E-state index contributed by atoms with van der Waals surface area (Å²) < 4.78 is 7.13. The van der Waals surface area contributed by atoms with Crippen molar-refractivity contribution >= 4 is 5.65 Å². The van der Waals surface area contributed by atoms with Crippen molar-refractivity contribution in [2.75, 3.05) is 7.11 Å².